The molecule has 0 bridgehead atoms. The van der Waals surface area contributed by atoms with Gasteiger partial charge in [-0.3, -0.25) is 14.1 Å². The second-order valence-electron chi connectivity index (χ2n) is 10.3. The van der Waals surface area contributed by atoms with Gasteiger partial charge in [0.1, 0.15) is 28.3 Å². The Labute approximate surface area is 240 Å². The topological polar surface area (TPSA) is 117 Å². The highest BCUT2D eigenvalue weighted by molar-refractivity contribution is 7.16. The van der Waals surface area contributed by atoms with Gasteiger partial charge in [-0.15, -0.1) is 0 Å². The van der Waals surface area contributed by atoms with Crippen molar-refractivity contribution < 1.29 is 14.3 Å². The number of imidazole rings is 1. The predicted molar refractivity (Wildman–Crippen MR) is 154 cm³/mol. The number of nitriles is 1. The van der Waals surface area contributed by atoms with Crippen molar-refractivity contribution in [2.24, 2.45) is 0 Å². The van der Waals surface area contributed by atoms with E-state index < -0.39 is 0 Å². The molecule has 2 aliphatic heterocycles. The van der Waals surface area contributed by atoms with Crippen LogP contribution >= 0.6 is 11.3 Å². The average molecular weight is 576 g/mol. The molecule has 212 valence electrons. The van der Waals surface area contributed by atoms with E-state index in [4.69, 9.17) is 9.97 Å². The number of benzene rings is 1. The van der Waals surface area contributed by atoms with Crippen LogP contribution in [-0.2, 0) is 11.2 Å². The summed E-state index contributed by atoms with van der Waals surface area (Å²) in [5.74, 6) is 1.11. The number of fused-ring (bicyclic) bond motifs is 1. The minimum atomic E-state index is -0.389. The molecule has 1 N–H and O–H groups in total. The lowest BCUT2D eigenvalue weighted by Crippen LogP contribution is -2.57. The molecule has 1 amide bonds. The summed E-state index contributed by atoms with van der Waals surface area (Å²) in [6, 6.07) is 8.21. The molecule has 11 nitrogen and oxygen atoms in total. The van der Waals surface area contributed by atoms with E-state index in [9.17, 15) is 19.6 Å². The van der Waals surface area contributed by atoms with E-state index in [-0.39, 0.29) is 17.8 Å². The molecule has 0 atom stereocenters. The molecule has 2 aliphatic rings. The normalized spacial score (nSPS) is 16.2. The quantitative estimate of drug-likeness (QED) is 0.355. The number of rotatable bonds is 7. The van der Waals surface area contributed by atoms with Crippen molar-refractivity contribution in [2.45, 2.75) is 19.4 Å². The third-order valence-corrected chi connectivity index (χ3v) is 8.63. The number of amides is 1. The SMILES string of the molecule is CCc1nc2ncc(N3CCN(CC(=O)N4CC(O)C4)CC3)cn2c1N(C)c1nc(-c2ccc(F)cc2)c(C#N)s1. The van der Waals surface area contributed by atoms with Crippen LogP contribution in [0.4, 0.5) is 21.0 Å². The molecule has 0 saturated carbocycles. The number of nitrogens with zero attached hydrogens (tertiary/aromatic N) is 9. The molecule has 6 rings (SSSR count). The summed E-state index contributed by atoms with van der Waals surface area (Å²) in [5.41, 5.74) is 3.01. The van der Waals surface area contributed by atoms with Crippen molar-refractivity contribution in [2.75, 3.05) is 62.7 Å². The number of aromatic nitrogens is 4. The predicted octanol–water partition coefficient (Wildman–Crippen LogP) is 2.52. The first-order valence-corrected chi connectivity index (χ1v) is 14.4. The van der Waals surface area contributed by atoms with Gasteiger partial charge in [0.25, 0.3) is 0 Å². The van der Waals surface area contributed by atoms with Crippen LogP contribution < -0.4 is 9.80 Å². The summed E-state index contributed by atoms with van der Waals surface area (Å²) in [6.07, 6.45) is 4.15. The molecule has 0 radical (unpaired) electrons. The molecule has 1 aromatic carbocycles. The lowest BCUT2D eigenvalue weighted by atomic mass is 10.1. The molecule has 0 aliphatic carbocycles. The van der Waals surface area contributed by atoms with Crippen LogP contribution in [0.25, 0.3) is 17.0 Å². The number of aryl methyl sites for hydroxylation is 1. The molecule has 0 spiro atoms. The van der Waals surface area contributed by atoms with E-state index >= 15 is 0 Å². The van der Waals surface area contributed by atoms with Crippen molar-refractivity contribution in [3.8, 4) is 17.3 Å². The Morgan fingerprint density at radius 3 is 2.59 bits per heavy atom. The van der Waals surface area contributed by atoms with Gasteiger partial charge in [0.05, 0.1) is 30.2 Å². The Hall–Kier alpha value is -4.12. The standard InChI is InChI=1S/C28H30FN9O2S/c1-3-22-26(34(2)28-33-25(23(12-30)41-28)18-4-6-19(29)7-5-18)38-14-20(13-31-27(38)32-22)36-10-8-35(9-11-36)17-24(40)37-15-21(39)16-37/h4-7,13-14,21,39H,3,8-11,15-17H2,1-2H3. The number of carbonyl (C=O) groups is 1. The fourth-order valence-corrected chi connectivity index (χ4v) is 6.10. The Morgan fingerprint density at radius 2 is 1.93 bits per heavy atom. The van der Waals surface area contributed by atoms with E-state index in [1.54, 1.807) is 17.0 Å². The summed E-state index contributed by atoms with van der Waals surface area (Å²) >= 11 is 1.28. The summed E-state index contributed by atoms with van der Waals surface area (Å²) in [5, 5.41) is 19.9. The first-order chi connectivity index (χ1) is 19.8. The lowest BCUT2D eigenvalue weighted by Gasteiger charge is -2.39. The largest absolute Gasteiger partial charge is 0.389 e. The average Bonchev–Trinajstić information content (AvgIpc) is 3.57. The molecule has 13 heteroatoms. The fraction of sp³-hybridized carbons (Fsp3) is 0.393. The van der Waals surface area contributed by atoms with Gasteiger partial charge in [-0.1, -0.05) is 18.3 Å². The van der Waals surface area contributed by atoms with Crippen molar-refractivity contribution in [1.29, 1.82) is 5.26 Å². The summed E-state index contributed by atoms with van der Waals surface area (Å²) in [4.78, 5) is 35.1. The third-order valence-electron chi connectivity index (χ3n) is 7.60. The number of anilines is 3. The maximum Gasteiger partial charge on any atom is 0.236 e. The summed E-state index contributed by atoms with van der Waals surface area (Å²) in [6.45, 7) is 6.26. The zero-order chi connectivity index (χ0) is 28.7. The minimum absolute atomic E-state index is 0.0642. The second-order valence-corrected chi connectivity index (χ2v) is 11.3. The van der Waals surface area contributed by atoms with E-state index in [1.165, 1.54) is 23.5 Å². The number of aliphatic hydroxyl groups is 1. The Kier molecular flexibility index (Phi) is 7.29. The maximum atomic E-state index is 13.5. The van der Waals surface area contributed by atoms with Crippen LogP contribution in [0, 0.1) is 17.1 Å². The van der Waals surface area contributed by atoms with Crippen LogP contribution in [-0.4, -0.2) is 99.1 Å². The van der Waals surface area contributed by atoms with E-state index in [2.05, 4.69) is 20.9 Å². The Morgan fingerprint density at radius 1 is 1.20 bits per heavy atom. The first kappa shape index (κ1) is 27.1. The lowest BCUT2D eigenvalue weighted by molar-refractivity contribution is -0.142. The van der Waals surface area contributed by atoms with Gasteiger partial charge in [0.2, 0.25) is 11.7 Å². The number of likely N-dealkylation sites (tertiary alicyclic amines) is 1. The van der Waals surface area contributed by atoms with Gasteiger partial charge >= 0.3 is 0 Å². The van der Waals surface area contributed by atoms with Crippen LogP contribution in [0.1, 0.15) is 17.5 Å². The van der Waals surface area contributed by atoms with Crippen molar-refractivity contribution in [1.82, 2.24) is 29.2 Å². The maximum absolute atomic E-state index is 13.5. The van der Waals surface area contributed by atoms with E-state index in [0.717, 1.165) is 43.4 Å². The van der Waals surface area contributed by atoms with E-state index in [1.807, 2.05) is 35.7 Å². The molecular formula is C28H30FN9O2S. The van der Waals surface area contributed by atoms with Gasteiger partial charge in [0, 0.05) is 58.1 Å². The number of piperazine rings is 1. The molecule has 2 fully saturated rings. The fourth-order valence-electron chi connectivity index (χ4n) is 5.25. The highest BCUT2D eigenvalue weighted by Crippen LogP contribution is 2.37. The van der Waals surface area contributed by atoms with Gasteiger partial charge < -0.3 is 19.8 Å². The second kappa shape index (κ2) is 11.0. The van der Waals surface area contributed by atoms with Gasteiger partial charge in [-0.05, 0) is 30.7 Å². The monoisotopic (exact) mass is 575 g/mol. The number of halogens is 1. The van der Waals surface area contributed by atoms with Gasteiger partial charge in [-0.25, -0.2) is 19.3 Å². The number of aliphatic hydroxyl groups excluding tert-OH is 1. The number of hydrogen-bond donors (Lipinski definition) is 1. The smallest absolute Gasteiger partial charge is 0.236 e. The summed E-state index contributed by atoms with van der Waals surface area (Å²) < 4.78 is 15.5. The minimum Gasteiger partial charge on any atom is -0.389 e. The zero-order valence-electron chi connectivity index (χ0n) is 22.9. The van der Waals surface area contributed by atoms with Crippen molar-refractivity contribution in [3.05, 3.63) is 53.0 Å². The highest BCUT2D eigenvalue weighted by atomic mass is 32.1. The molecule has 0 unspecified atom stereocenters. The molecular weight excluding hydrogens is 545 g/mol. The van der Waals surface area contributed by atoms with Gasteiger partial charge in [0.15, 0.2) is 5.13 Å². The molecule has 2 saturated heterocycles. The van der Waals surface area contributed by atoms with Crippen molar-refractivity contribution in [3.63, 3.8) is 0 Å². The molecule has 5 heterocycles. The molecule has 41 heavy (non-hydrogen) atoms. The number of β-amino-alcohol motifs (C(OH)–C–C–N with tert-alkyl or cyclic N) is 1. The number of carbonyl (C=O) groups excluding carboxylic acids is 1. The molecule has 3 aromatic heterocycles. The molecule has 4 aromatic rings. The zero-order valence-corrected chi connectivity index (χ0v) is 23.7. The number of thiazole rings is 1. The first-order valence-electron chi connectivity index (χ1n) is 13.5. The summed E-state index contributed by atoms with van der Waals surface area (Å²) in [7, 11) is 1.90. The number of hydrogen-bond acceptors (Lipinski definition) is 10. The Balaban J connectivity index is 1.24. The van der Waals surface area contributed by atoms with E-state index in [0.29, 0.717) is 53.1 Å². The van der Waals surface area contributed by atoms with Crippen LogP contribution in [0.3, 0.4) is 0 Å². The van der Waals surface area contributed by atoms with Crippen LogP contribution in [0.5, 0.6) is 0 Å². The third kappa shape index (κ3) is 5.21. The van der Waals surface area contributed by atoms with Crippen LogP contribution in [0.2, 0.25) is 0 Å². The highest BCUT2D eigenvalue weighted by Gasteiger charge is 2.30. The Bertz CT molecular complexity index is 1620. The van der Waals surface area contributed by atoms with Crippen LogP contribution in [0.15, 0.2) is 36.7 Å². The van der Waals surface area contributed by atoms with Gasteiger partial charge in [-0.2, -0.15) is 5.26 Å². The van der Waals surface area contributed by atoms with Crippen molar-refractivity contribution >= 4 is 39.7 Å².